The van der Waals surface area contributed by atoms with Gasteiger partial charge in [0.05, 0.1) is 19.3 Å². The number of cyclic esters (lactones) is 1. The number of esters is 1. The summed E-state index contributed by atoms with van der Waals surface area (Å²) < 4.78 is 15.8. The van der Waals surface area contributed by atoms with Gasteiger partial charge in [-0.25, -0.2) is 4.79 Å². The highest BCUT2D eigenvalue weighted by molar-refractivity contribution is 6.04. The molecule has 33 heavy (non-hydrogen) atoms. The molecule has 0 aliphatic carbocycles. The van der Waals surface area contributed by atoms with E-state index in [1.54, 1.807) is 7.11 Å². The summed E-state index contributed by atoms with van der Waals surface area (Å²) in [5.74, 6) is 0.550. The molecule has 0 spiro atoms. The number of rotatable bonds is 1. The van der Waals surface area contributed by atoms with Gasteiger partial charge in [0.15, 0.2) is 0 Å². The Kier molecular flexibility index (Phi) is 6.03. The maximum Gasteiger partial charge on any atom is 0.344 e. The van der Waals surface area contributed by atoms with E-state index < -0.39 is 0 Å². The van der Waals surface area contributed by atoms with Crippen molar-refractivity contribution in [2.45, 2.75) is 45.1 Å². The molecule has 2 aromatic heterocycles. The minimum Gasteiger partial charge on any atom is -0.497 e. The number of carbonyl (C=O) groups excluding carboxylic acids is 1. The average Bonchev–Trinajstić information content (AvgIpc) is 3.19. The second kappa shape index (κ2) is 9.26. The highest BCUT2D eigenvalue weighted by atomic mass is 16.5. The number of hydrogen-bond acceptors (Lipinski definition) is 3. The summed E-state index contributed by atoms with van der Waals surface area (Å²) >= 11 is 0. The standard InChI is InChI=1S/C28H31N2O3/c1-29-25-12-8-7-11-20(25)17-23-27(29)24-19-30(26-14-13-21(32-2)18-22(24)26)15-9-5-3-4-6-10-16-33-28(23)31/h7-8,11-14,17-19H,3-6,9-10,15-16H2,1-2H3/q+1. The highest BCUT2D eigenvalue weighted by Crippen LogP contribution is 2.35. The lowest BCUT2D eigenvalue weighted by Crippen LogP contribution is -2.34. The van der Waals surface area contributed by atoms with Gasteiger partial charge in [-0.1, -0.05) is 37.8 Å². The molecule has 0 radical (unpaired) electrons. The van der Waals surface area contributed by atoms with Gasteiger partial charge < -0.3 is 14.0 Å². The van der Waals surface area contributed by atoms with Gasteiger partial charge in [0.1, 0.15) is 18.4 Å². The topological polar surface area (TPSA) is 44.3 Å². The largest absolute Gasteiger partial charge is 0.497 e. The third-order valence-electron chi connectivity index (χ3n) is 6.78. The number of fused-ring (bicyclic) bond motifs is 8. The zero-order chi connectivity index (χ0) is 22.8. The van der Waals surface area contributed by atoms with E-state index in [1.165, 1.54) is 19.3 Å². The van der Waals surface area contributed by atoms with Crippen molar-refractivity contribution in [2.24, 2.45) is 7.05 Å². The van der Waals surface area contributed by atoms with E-state index in [1.807, 2.05) is 37.4 Å². The van der Waals surface area contributed by atoms with Crippen LogP contribution in [-0.2, 0) is 18.3 Å². The predicted octanol–water partition coefficient (Wildman–Crippen LogP) is 5.81. The van der Waals surface area contributed by atoms with E-state index in [0.29, 0.717) is 12.2 Å². The third kappa shape index (κ3) is 4.08. The van der Waals surface area contributed by atoms with Crippen LogP contribution in [0.4, 0.5) is 0 Å². The van der Waals surface area contributed by atoms with E-state index in [2.05, 4.69) is 33.5 Å². The Bertz CT molecular complexity index is 1320. The van der Waals surface area contributed by atoms with Gasteiger partial charge in [-0.3, -0.25) is 0 Å². The monoisotopic (exact) mass is 443 g/mol. The lowest BCUT2D eigenvalue weighted by Gasteiger charge is -2.10. The SMILES string of the molecule is COc1ccc2c(c1)c1cn2CCCCCCCCOC(=O)c2cc3ccccc3[n+](C)c2-1. The van der Waals surface area contributed by atoms with E-state index >= 15 is 0 Å². The van der Waals surface area contributed by atoms with E-state index in [-0.39, 0.29) is 5.97 Å². The van der Waals surface area contributed by atoms with Crippen molar-refractivity contribution in [1.82, 2.24) is 4.57 Å². The van der Waals surface area contributed by atoms with Gasteiger partial charge >= 0.3 is 5.97 Å². The van der Waals surface area contributed by atoms with Gasteiger partial charge in [-0.05, 0) is 43.2 Å². The number of aromatic nitrogens is 2. The number of para-hydroxylation sites is 1. The van der Waals surface area contributed by atoms with Crippen molar-refractivity contribution in [2.75, 3.05) is 13.7 Å². The van der Waals surface area contributed by atoms with Gasteiger partial charge in [0.25, 0.3) is 0 Å². The van der Waals surface area contributed by atoms with Crippen molar-refractivity contribution < 1.29 is 18.8 Å². The first-order valence-electron chi connectivity index (χ1n) is 11.9. The molecule has 0 atom stereocenters. The van der Waals surface area contributed by atoms with Crippen LogP contribution in [-0.4, -0.2) is 24.3 Å². The number of carbonyl (C=O) groups is 1. The van der Waals surface area contributed by atoms with Crippen molar-refractivity contribution in [3.63, 3.8) is 0 Å². The molecule has 0 amide bonds. The lowest BCUT2D eigenvalue weighted by molar-refractivity contribution is -0.633. The van der Waals surface area contributed by atoms with E-state index in [4.69, 9.17) is 9.47 Å². The van der Waals surface area contributed by atoms with Crippen molar-refractivity contribution in [3.8, 4) is 17.0 Å². The second-order valence-electron chi connectivity index (χ2n) is 8.90. The summed E-state index contributed by atoms with van der Waals surface area (Å²) in [5, 5.41) is 2.11. The van der Waals surface area contributed by atoms with Gasteiger partial charge in [0.2, 0.25) is 11.2 Å². The molecular weight excluding hydrogens is 412 g/mol. The predicted molar refractivity (Wildman–Crippen MR) is 131 cm³/mol. The van der Waals surface area contributed by atoms with E-state index in [9.17, 15) is 4.79 Å². The molecule has 170 valence electrons. The third-order valence-corrected chi connectivity index (χ3v) is 6.78. The van der Waals surface area contributed by atoms with Crippen LogP contribution >= 0.6 is 0 Å². The van der Waals surface area contributed by atoms with Crippen LogP contribution in [0, 0.1) is 0 Å². The molecule has 2 aromatic carbocycles. The molecule has 4 aromatic rings. The number of pyridine rings is 1. The fourth-order valence-corrected chi connectivity index (χ4v) is 5.03. The number of methoxy groups -OCH3 is 1. The van der Waals surface area contributed by atoms with Crippen molar-refractivity contribution in [3.05, 3.63) is 60.3 Å². The average molecular weight is 444 g/mol. The lowest BCUT2D eigenvalue weighted by atomic mass is 10.0. The Balaban J connectivity index is 1.79. The first-order chi connectivity index (χ1) is 16.2. The molecule has 0 saturated heterocycles. The minimum atomic E-state index is -0.259. The molecule has 5 rings (SSSR count). The summed E-state index contributed by atoms with van der Waals surface area (Å²) in [6, 6.07) is 16.4. The number of ether oxygens (including phenoxy) is 2. The Morgan fingerprint density at radius 3 is 2.58 bits per heavy atom. The fraction of sp³-hybridized carbons (Fsp3) is 0.357. The summed E-state index contributed by atoms with van der Waals surface area (Å²) in [7, 11) is 3.72. The molecule has 0 N–H and O–H groups in total. The smallest absolute Gasteiger partial charge is 0.344 e. The Morgan fingerprint density at radius 1 is 0.939 bits per heavy atom. The molecule has 1 aliphatic heterocycles. The zero-order valence-electron chi connectivity index (χ0n) is 19.5. The van der Waals surface area contributed by atoms with Crippen LogP contribution in [0.3, 0.4) is 0 Å². The Hall–Kier alpha value is -3.34. The van der Waals surface area contributed by atoms with Crippen molar-refractivity contribution >= 4 is 27.8 Å². The summed E-state index contributed by atoms with van der Waals surface area (Å²) in [6.45, 7) is 1.42. The molecular formula is C28H31N2O3+. The van der Waals surface area contributed by atoms with Gasteiger partial charge in [0, 0.05) is 35.1 Å². The molecule has 0 unspecified atom stereocenters. The second-order valence-corrected chi connectivity index (χ2v) is 8.90. The van der Waals surface area contributed by atoms with Crippen LogP contribution < -0.4 is 9.30 Å². The van der Waals surface area contributed by atoms with Gasteiger partial charge in [-0.15, -0.1) is 0 Å². The Morgan fingerprint density at radius 2 is 1.73 bits per heavy atom. The molecule has 0 saturated carbocycles. The number of hydrogen-bond donors (Lipinski definition) is 0. The van der Waals surface area contributed by atoms with E-state index in [0.717, 1.165) is 64.6 Å². The first kappa shape index (κ1) is 21.5. The fourth-order valence-electron chi connectivity index (χ4n) is 5.03. The highest BCUT2D eigenvalue weighted by Gasteiger charge is 2.28. The summed E-state index contributed by atoms with van der Waals surface area (Å²) in [6.07, 6.45) is 8.96. The Labute approximate surface area is 194 Å². The summed E-state index contributed by atoms with van der Waals surface area (Å²) in [4.78, 5) is 13.3. The van der Waals surface area contributed by atoms with Crippen LogP contribution in [0.15, 0.2) is 54.7 Å². The van der Waals surface area contributed by atoms with Crippen LogP contribution in [0.2, 0.25) is 0 Å². The molecule has 0 fully saturated rings. The van der Waals surface area contributed by atoms with Crippen molar-refractivity contribution in [1.29, 1.82) is 0 Å². The first-order valence-corrected chi connectivity index (χ1v) is 11.9. The maximum absolute atomic E-state index is 13.3. The van der Waals surface area contributed by atoms with Crippen LogP contribution in [0.1, 0.15) is 48.9 Å². The molecule has 5 nitrogen and oxygen atoms in total. The maximum atomic E-state index is 13.3. The molecule has 2 bridgehead atoms. The zero-order valence-corrected chi connectivity index (χ0v) is 19.5. The molecule has 3 heterocycles. The molecule has 1 aliphatic rings. The number of nitrogens with zero attached hydrogens (tertiary/aromatic N) is 2. The normalized spacial score (nSPS) is 15.5. The number of aryl methyl sites for hydroxylation is 2. The number of benzene rings is 2. The minimum absolute atomic E-state index is 0.259. The van der Waals surface area contributed by atoms with Gasteiger partial charge in [-0.2, -0.15) is 4.57 Å². The quantitative estimate of drug-likeness (QED) is 0.276. The summed E-state index contributed by atoms with van der Waals surface area (Å²) in [5.41, 5.74) is 4.74. The molecule has 5 heteroatoms. The van der Waals surface area contributed by atoms with Crippen LogP contribution in [0.25, 0.3) is 33.1 Å². The van der Waals surface area contributed by atoms with Crippen LogP contribution in [0.5, 0.6) is 5.75 Å².